The summed E-state index contributed by atoms with van der Waals surface area (Å²) in [4.78, 5) is 0. The molecule has 1 rings (SSSR count). The van der Waals surface area contributed by atoms with Crippen molar-refractivity contribution in [1.29, 1.82) is 0 Å². The van der Waals surface area contributed by atoms with E-state index in [0.29, 0.717) is 10.8 Å². The highest BCUT2D eigenvalue weighted by molar-refractivity contribution is 5.47. The van der Waals surface area contributed by atoms with Crippen molar-refractivity contribution in [3.8, 4) is 11.5 Å². The second-order valence-electron chi connectivity index (χ2n) is 10.3. The summed E-state index contributed by atoms with van der Waals surface area (Å²) < 4.78 is 0. The van der Waals surface area contributed by atoms with E-state index in [9.17, 15) is 10.2 Å². The van der Waals surface area contributed by atoms with Crippen LogP contribution < -0.4 is 0 Å². The lowest BCUT2D eigenvalue weighted by molar-refractivity contribution is 0.307. The van der Waals surface area contributed by atoms with Crippen LogP contribution in [0.25, 0.3) is 0 Å². The van der Waals surface area contributed by atoms with Crippen LogP contribution in [0.15, 0.2) is 12.1 Å². The van der Waals surface area contributed by atoms with Crippen LogP contribution in [0.1, 0.15) is 110 Å². The maximum absolute atomic E-state index is 10.2. The van der Waals surface area contributed by atoms with Crippen LogP contribution >= 0.6 is 0 Å². The Morgan fingerprint density at radius 3 is 1.96 bits per heavy atom. The van der Waals surface area contributed by atoms with Gasteiger partial charge in [-0.3, -0.25) is 0 Å². The van der Waals surface area contributed by atoms with E-state index in [1.54, 1.807) is 6.07 Å². The van der Waals surface area contributed by atoms with Crippen molar-refractivity contribution in [1.82, 2.24) is 0 Å². The van der Waals surface area contributed by atoms with Gasteiger partial charge in [0.25, 0.3) is 0 Å². The zero-order chi connectivity index (χ0) is 20.5. The van der Waals surface area contributed by atoms with Crippen LogP contribution in [0, 0.1) is 10.8 Å². The Hall–Kier alpha value is -1.18. The first kappa shape index (κ1) is 23.9. The molecule has 27 heavy (non-hydrogen) atoms. The van der Waals surface area contributed by atoms with E-state index in [1.165, 1.54) is 44.9 Å². The van der Waals surface area contributed by atoms with Crippen LogP contribution in [-0.2, 0) is 12.8 Å². The maximum atomic E-state index is 10.2. The number of rotatable bonds is 12. The molecule has 0 saturated carbocycles. The molecule has 0 amide bonds. The van der Waals surface area contributed by atoms with E-state index in [0.717, 1.165) is 36.8 Å². The fourth-order valence-electron chi connectivity index (χ4n) is 3.51. The standard InChI is InChI=1S/C25H44O2/c1-7-25(5,6)17-12-9-8-10-15-21-18-20(19-22(26)23(21)27)14-11-13-16-24(2,3)4/h18-19,26-27H,7-17H2,1-6H3. The molecule has 0 spiro atoms. The van der Waals surface area contributed by atoms with E-state index >= 15 is 0 Å². The molecule has 0 saturated heterocycles. The first-order valence-corrected chi connectivity index (χ1v) is 11.1. The Balaban J connectivity index is 2.42. The molecular weight excluding hydrogens is 332 g/mol. The van der Waals surface area contributed by atoms with Crippen molar-refractivity contribution in [2.45, 2.75) is 112 Å². The van der Waals surface area contributed by atoms with Crippen molar-refractivity contribution >= 4 is 0 Å². The van der Waals surface area contributed by atoms with E-state index in [4.69, 9.17) is 0 Å². The molecule has 0 fully saturated rings. The van der Waals surface area contributed by atoms with Gasteiger partial charge in [0, 0.05) is 0 Å². The van der Waals surface area contributed by atoms with Crippen LogP contribution in [-0.4, -0.2) is 10.2 Å². The number of hydrogen-bond donors (Lipinski definition) is 2. The zero-order valence-electron chi connectivity index (χ0n) is 18.8. The predicted molar refractivity (Wildman–Crippen MR) is 118 cm³/mol. The molecule has 0 aliphatic rings. The lowest BCUT2D eigenvalue weighted by Crippen LogP contribution is -2.08. The topological polar surface area (TPSA) is 40.5 Å². The lowest BCUT2D eigenvalue weighted by Gasteiger charge is -2.22. The molecule has 1 aromatic carbocycles. The summed E-state index contributed by atoms with van der Waals surface area (Å²) in [5.41, 5.74) is 2.91. The monoisotopic (exact) mass is 376 g/mol. The molecule has 0 aliphatic heterocycles. The normalized spacial score (nSPS) is 12.5. The highest BCUT2D eigenvalue weighted by Gasteiger charge is 2.14. The van der Waals surface area contributed by atoms with Crippen LogP contribution in [0.3, 0.4) is 0 Å². The molecule has 0 heterocycles. The van der Waals surface area contributed by atoms with Gasteiger partial charge < -0.3 is 10.2 Å². The maximum Gasteiger partial charge on any atom is 0.160 e. The largest absolute Gasteiger partial charge is 0.504 e. The van der Waals surface area contributed by atoms with E-state index in [-0.39, 0.29) is 11.5 Å². The van der Waals surface area contributed by atoms with Gasteiger partial charge in [-0.25, -0.2) is 0 Å². The number of unbranched alkanes of at least 4 members (excludes halogenated alkanes) is 4. The van der Waals surface area contributed by atoms with Gasteiger partial charge in [0.2, 0.25) is 0 Å². The number of aromatic hydroxyl groups is 2. The minimum absolute atomic E-state index is 0.0445. The Morgan fingerprint density at radius 2 is 1.33 bits per heavy atom. The second kappa shape index (κ2) is 11.0. The van der Waals surface area contributed by atoms with Crippen molar-refractivity contribution in [2.75, 3.05) is 0 Å². The Labute approximate surface area is 168 Å². The summed E-state index contributed by atoms with van der Waals surface area (Å²) in [6, 6.07) is 3.84. The van der Waals surface area contributed by atoms with Crippen LogP contribution in [0.4, 0.5) is 0 Å². The van der Waals surface area contributed by atoms with Gasteiger partial charge in [-0.15, -0.1) is 0 Å². The predicted octanol–water partition coefficient (Wildman–Crippen LogP) is 7.79. The van der Waals surface area contributed by atoms with Crippen molar-refractivity contribution in [3.63, 3.8) is 0 Å². The first-order chi connectivity index (χ1) is 12.5. The van der Waals surface area contributed by atoms with Crippen molar-refractivity contribution in [3.05, 3.63) is 23.3 Å². The SMILES string of the molecule is CCC(C)(C)CCCCCCc1cc(CCCCC(C)(C)C)cc(O)c1O. The smallest absolute Gasteiger partial charge is 0.160 e. The van der Waals surface area contributed by atoms with Crippen molar-refractivity contribution < 1.29 is 10.2 Å². The molecule has 0 radical (unpaired) electrons. The summed E-state index contributed by atoms with van der Waals surface area (Å²) >= 11 is 0. The Morgan fingerprint density at radius 1 is 0.741 bits per heavy atom. The third kappa shape index (κ3) is 10.1. The Bertz CT molecular complexity index is 552. The molecule has 1 aromatic rings. The first-order valence-electron chi connectivity index (χ1n) is 11.1. The summed E-state index contributed by atoms with van der Waals surface area (Å²) in [5, 5.41) is 20.3. The summed E-state index contributed by atoms with van der Waals surface area (Å²) in [7, 11) is 0. The minimum Gasteiger partial charge on any atom is -0.504 e. The summed E-state index contributed by atoms with van der Waals surface area (Å²) in [6.45, 7) is 13.8. The van der Waals surface area contributed by atoms with E-state index in [1.807, 2.05) is 0 Å². The van der Waals surface area contributed by atoms with Gasteiger partial charge in [0.05, 0.1) is 0 Å². The van der Waals surface area contributed by atoms with Crippen LogP contribution in [0.2, 0.25) is 0 Å². The van der Waals surface area contributed by atoms with Crippen molar-refractivity contribution in [2.24, 2.45) is 10.8 Å². The van der Waals surface area contributed by atoms with Gasteiger partial charge in [-0.1, -0.05) is 79.7 Å². The zero-order valence-corrected chi connectivity index (χ0v) is 18.8. The summed E-state index contributed by atoms with van der Waals surface area (Å²) in [6.07, 6.45) is 12.7. The van der Waals surface area contributed by atoms with Gasteiger partial charge in [-0.2, -0.15) is 0 Å². The van der Waals surface area contributed by atoms with Crippen LogP contribution in [0.5, 0.6) is 11.5 Å². The van der Waals surface area contributed by atoms with Gasteiger partial charge >= 0.3 is 0 Å². The molecule has 0 unspecified atom stereocenters. The molecule has 0 atom stereocenters. The minimum atomic E-state index is 0.0445. The second-order valence-corrected chi connectivity index (χ2v) is 10.3. The van der Waals surface area contributed by atoms with Gasteiger partial charge in [-0.05, 0) is 66.5 Å². The molecule has 0 aromatic heterocycles. The average Bonchev–Trinajstić information content (AvgIpc) is 2.57. The number of benzene rings is 1. The van der Waals surface area contributed by atoms with Gasteiger partial charge in [0.15, 0.2) is 11.5 Å². The molecule has 0 aliphatic carbocycles. The number of aryl methyl sites for hydroxylation is 2. The van der Waals surface area contributed by atoms with E-state index < -0.39 is 0 Å². The molecule has 156 valence electrons. The molecule has 2 N–H and O–H groups in total. The van der Waals surface area contributed by atoms with Gasteiger partial charge in [0.1, 0.15) is 0 Å². The Kier molecular flexibility index (Phi) is 9.70. The molecule has 0 bridgehead atoms. The number of hydrogen-bond acceptors (Lipinski definition) is 2. The quantitative estimate of drug-likeness (QED) is 0.289. The lowest BCUT2D eigenvalue weighted by atomic mass is 9.84. The molecule has 2 heteroatoms. The fraction of sp³-hybridized carbons (Fsp3) is 0.760. The van der Waals surface area contributed by atoms with E-state index in [2.05, 4.69) is 47.6 Å². The highest BCUT2D eigenvalue weighted by Crippen LogP contribution is 2.33. The average molecular weight is 377 g/mol. The number of phenolic OH excluding ortho intramolecular Hbond substituents is 2. The third-order valence-corrected chi connectivity index (χ3v) is 5.88. The molecule has 2 nitrogen and oxygen atoms in total. The summed E-state index contributed by atoms with van der Waals surface area (Å²) in [5.74, 6) is 0.128. The third-order valence-electron chi connectivity index (χ3n) is 5.88. The number of phenols is 2. The fourth-order valence-corrected chi connectivity index (χ4v) is 3.51. The highest BCUT2D eigenvalue weighted by atomic mass is 16.3. The molecular formula is C25H44O2.